The van der Waals surface area contributed by atoms with Crippen molar-refractivity contribution >= 4 is 17.4 Å². The van der Waals surface area contributed by atoms with Gasteiger partial charge in [-0.25, -0.2) is 9.78 Å². The lowest BCUT2D eigenvalue weighted by atomic mass is 10.1. The minimum atomic E-state index is -0.169. The van der Waals surface area contributed by atoms with E-state index < -0.39 is 0 Å². The van der Waals surface area contributed by atoms with Crippen molar-refractivity contribution in [2.45, 2.75) is 53.1 Å². The Labute approximate surface area is 141 Å². The molecule has 0 aromatic carbocycles. The molecule has 0 bridgehead atoms. The van der Waals surface area contributed by atoms with Crippen LogP contribution in [-0.4, -0.2) is 26.8 Å². The monoisotopic (exact) mass is 335 g/mol. The number of nitrogens with zero attached hydrogens (tertiary/aromatic N) is 3. The molecule has 0 radical (unpaired) electrons. The highest BCUT2D eigenvalue weighted by molar-refractivity contribution is 7.09. The van der Waals surface area contributed by atoms with Crippen LogP contribution in [0, 0.1) is 20.8 Å². The molecule has 6 nitrogen and oxygen atoms in total. The number of rotatable bonds is 5. The minimum absolute atomic E-state index is 0.0295. The van der Waals surface area contributed by atoms with E-state index in [0.29, 0.717) is 0 Å². The standard InChI is InChI=1S/C16H25N5OS/c1-9(7-14-11(3)20-21(6)13(14)5)18-16(22)19-12(4)15-17-10(2)8-23-15/h8-9,12H,7H2,1-6H3,(H2,18,19,22)/t9-,12+/m1/s1. The number of aromatic nitrogens is 3. The molecule has 0 spiro atoms. The van der Waals surface area contributed by atoms with Crippen molar-refractivity contribution in [2.75, 3.05) is 0 Å². The zero-order chi connectivity index (χ0) is 17.1. The zero-order valence-corrected chi connectivity index (χ0v) is 15.4. The highest BCUT2D eigenvalue weighted by atomic mass is 32.1. The summed E-state index contributed by atoms with van der Waals surface area (Å²) >= 11 is 1.56. The van der Waals surface area contributed by atoms with Gasteiger partial charge in [-0.2, -0.15) is 5.10 Å². The Morgan fingerprint density at radius 1 is 1.30 bits per heavy atom. The van der Waals surface area contributed by atoms with Crippen LogP contribution >= 0.6 is 11.3 Å². The lowest BCUT2D eigenvalue weighted by Crippen LogP contribution is -2.42. The van der Waals surface area contributed by atoms with Gasteiger partial charge in [-0.05, 0) is 46.6 Å². The quantitative estimate of drug-likeness (QED) is 0.882. The molecule has 2 N–H and O–H groups in total. The molecule has 2 amide bonds. The molecule has 7 heteroatoms. The summed E-state index contributed by atoms with van der Waals surface area (Å²) < 4.78 is 1.88. The molecule has 126 valence electrons. The molecule has 2 aromatic rings. The van der Waals surface area contributed by atoms with E-state index >= 15 is 0 Å². The van der Waals surface area contributed by atoms with Gasteiger partial charge in [0, 0.05) is 29.9 Å². The summed E-state index contributed by atoms with van der Waals surface area (Å²) in [4.78, 5) is 16.5. The smallest absolute Gasteiger partial charge is 0.315 e. The van der Waals surface area contributed by atoms with Gasteiger partial charge in [0.2, 0.25) is 0 Å². The Morgan fingerprint density at radius 3 is 2.52 bits per heavy atom. The number of hydrogen-bond donors (Lipinski definition) is 2. The number of amides is 2. The predicted molar refractivity (Wildman–Crippen MR) is 92.8 cm³/mol. The lowest BCUT2D eigenvalue weighted by Gasteiger charge is -2.17. The second-order valence-electron chi connectivity index (χ2n) is 6.04. The summed E-state index contributed by atoms with van der Waals surface area (Å²) in [5.41, 5.74) is 4.34. The molecule has 0 aliphatic heterocycles. The highest BCUT2D eigenvalue weighted by Gasteiger charge is 2.17. The maximum Gasteiger partial charge on any atom is 0.315 e. The van der Waals surface area contributed by atoms with Crippen LogP contribution in [0.25, 0.3) is 0 Å². The van der Waals surface area contributed by atoms with E-state index in [-0.39, 0.29) is 18.1 Å². The molecule has 0 unspecified atom stereocenters. The number of urea groups is 1. The second kappa shape index (κ2) is 7.12. The van der Waals surface area contributed by atoms with E-state index in [1.807, 2.05) is 44.8 Å². The maximum absolute atomic E-state index is 12.1. The van der Waals surface area contributed by atoms with Gasteiger partial charge < -0.3 is 10.6 Å². The first-order valence-electron chi connectivity index (χ1n) is 7.76. The van der Waals surface area contributed by atoms with E-state index in [9.17, 15) is 4.79 Å². The summed E-state index contributed by atoms with van der Waals surface area (Å²) in [6, 6.07) is -0.235. The third-order valence-corrected chi connectivity index (χ3v) is 5.05. The third-order valence-electron chi connectivity index (χ3n) is 3.90. The Balaban J connectivity index is 1.89. The number of thiazole rings is 1. The van der Waals surface area contributed by atoms with Crippen LogP contribution in [0.3, 0.4) is 0 Å². The van der Waals surface area contributed by atoms with Crippen molar-refractivity contribution in [3.8, 4) is 0 Å². The van der Waals surface area contributed by atoms with Crippen molar-refractivity contribution in [1.29, 1.82) is 0 Å². The molecular weight excluding hydrogens is 310 g/mol. The SMILES string of the molecule is Cc1csc([C@H](C)NC(=O)N[C@H](C)Cc2c(C)nn(C)c2C)n1. The lowest BCUT2D eigenvalue weighted by molar-refractivity contribution is 0.234. The van der Waals surface area contributed by atoms with Gasteiger partial charge in [0.25, 0.3) is 0 Å². The Morgan fingerprint density at radius 2 is 2.00 bits per heavy atom. The van der Waals surface area contributed by atoms with Crippen LogP contribution in [0.4, 0.5) is 4.79 Å². The van der Waals surface area contributed by atoms with E-state index in [1.54, 1.807) is 11.3 Å². The van der Waals surface area contributed by atoms with Crippen LogP contribution in [0.15, 0.2) is 5.38 Å². The van der Waals surface area contributed by atoms with Crippen molar-refractivity contribution in [3.05, 3.63) is 33.0 Å². The zero-order valence-electron chi connectivity index (χ0n) is 14.6. The largest absolute Gasteiger partial charge is 0.335 e. The van der Waals surface area contributed by atoms with Crippen LogP contribution in [0.2, 0.25) is 0 Å². The van der Waals surface area contributed by atoms with Crippen LogP contribution in [0.5, 0.6) is 0 Å². The topological polar surface area (TPSA) is 71.8 Å². The number of carbonyl (C=O) groups is 1. The fraction of sp³-hybridized carbons (Fsp3) is 0.562. The van der Waals surface area contributed by atoms with Gasteiger partial charge in [0.05, 0.1) is 11.7 Å². The Kier molecular flexibility index (Phi) is 5.41. The van der Waals surface area contributed by atoms with Gasteiger partial charge in [0.15, 0.2) is 0 Å². The molecule has 2 atom stereocenters. The summed E-state index contributed by atoms with van der Waals surface area (Å²) in [6.07, 6.45) is 0.768. The molecule has 0 aliphatic carbocycles. The summed E-state index contributed by atoms with van der Waals surface area (Å²) in [5.74, 6) is 0. The fourth-order valence-corrected chi connectivity index (χ4v) is 3.37. The van der Waals surface area contributed by atoms with Gasteiger partial charge in [-0.1, -0.05) is 0 Å². The minimum Gasteiger partial charge on any atom is -0.335 e. The summed E-state index contributed by atoms with van der Waals surface area (Å²) in [6.45, 7) is 9.95. The molecule has 0 fully saturated rings. The van der Waals surface area contributed by atoms with Crippen molar-refractivity contribution in [3.63, 3.8) is 0 Å². The van der Waals surface area contributed by atoms with Crippen molar-refractivity contribution in [2.24, 2.45) is 7.05 Å². The predicted octanol–water partition coefficient (Wildman–Crippen LogP) is 2.79. The molecule has 0 aliphatic rings. The van der Waals surface area contributed by atoms with Crippen LogP contribution in [-0.2, 0) is 13.5 Å². The first kappa shape index (κ1) is 17.5. The van der Waals surface area contributed by atoms with Crippen molar-refractivity contribution < 1.29 is 4.79 Å². The highest BCUT2D eigenvalue weighted by Crippen LogP contribution is 2.17. The second-order valence-corrected chi connectivity index (χ2v) is 6.93. The molecule has 0 saturated heterocycles. The average molecular weight is 335 g/mol. The number of nitrogens with one attached hydrogen (secondary N) is 2. The normalized spacial score (nSPS) is 13.7. The molecule has 2 aromatic heterocycles. The average Bonchev–Trinajstić information content (AvgIpc) is 2.98. The molecule has 2 rings (SSSR count). The molecular formula is C16H25N5OS. The van der Waals surface area contributed by atoms with E-state index in [1.165, 1.54) is 5.56 Å². The van der Waals surface area contributed by atoms with Crippen LogP contribution in [0.1, 0.15) is 47.5 Å². The summed E-state index contributed by atoms with van der Waals surface area (Å²) in [7, 11) is 1.94. The first-order chi connectivity index (χ1) is 10.8. The van der Waals surface area contributed by atoms with Crippen molar-refractivity contribution in [1.82, 2.24) is 25.4 Å². The van der Waals surface area contributed by atoms with Gasteiger partial charge in [-0.15, -0.1) is 11.3 Å². The van der Waals surface area contributed by atoms with Crippen LogP contribution < -0.4 is 10.6 Å². The molecule has 2 heterocycles. The summed E-state index contributed by atoms with van der Waals surface area (Å²) in [5, 5.41) is 13.3. The molecule has 23 heavy (non-hydrogen) atoms. The number of hydrogen-bond acceptors (Lipinski definition) is 4. The fourth-order valence-electron chi connectivity index (χ4n) is 2.56. The maximum atomic E-state index is 12.1. The van der Waals surface area contributed by atoms with E-state index in [0.717, 1.165) is 28.5 Å². The third kappa shape index (κ3) is 4.31. The Hall–Kier alpha value is -1.89. The van der Waals surface area contributed by atoms with E-state index in [4.69, 9.17) is 0 Å². The number of carbonyl (C=O) groups excluding carboxylic acids is 1. The molecule has 0 saturated carbocycles. The number of aryl methyl sites for hydroxylation is 3. The van der Waals surface area contributed by atoms with Gasteiger partial charge in [-0.3, -0.25) is 4.68 Å². The Bertz CT molecular complexity index is 691. The van der Waals surface area contributed by atoms with Gasteiger partial charge in [0.1, 0.15) is 5.01 Å². The van der Waals surface area contributed by atoms with E-state index in [2.05, 4.69) is 27.6 Å². The van der Waals surface area contributed by atoms with Gasteiger partial charge >= 0.3 is 6.03 Å². The first-order valence-corrected chi connectivity index (χ1v) is 8.64.